The number of amides is 1. The van der Waals surface area contributed by atoms with Crippen LogP contribution in [-0.4, -0.2) is 34.7 Å². The zero-order valence-corrected chi connectivity index (χ0v) is 8.70. The molecule has 0 saturated carbocycles. The number of nitrogens with one attached hydrogen (secondary N) is 1. The molecule has 0 aromatic rings. The molecule has 0 aromatic heterocycles. The van der Waals surface area contributed by atoms with E-state index in [2.05, 4.69) is 5.32 Å². The van der Waals surface area contributed by atoms with Crippen molar-refractivity contribution in [3.8, 4) is 0 Å². The van der Waals surface area contributed by atoms with Gasteiger partial charge < -0.3 is 15.5 Å². The molecule has 0 aliphatic rings. The smallest absolute Gasteiger partial charge is 0.328 e. The molecule has 0 rings (SSSR count). The van der Waals surface area contributed by atoms with Crippen LogP contribution in [0.25, 0.3) is 0 Å². The van der Waals surface area contributed by atoms with Crippen LogP contribution in [0, 0.1) is 5.41 Å². The summed E-state index contributed by atoms with van der Waals surface area (Å²) in [4.78, 5) is 21.7. The molecule has 0 radical (unpaired) electrons. The van der Waals surface area contributed by atoms with Crippen LogP contribution in [0.4, 0.5) is 0 Å². The van der Waals surface area contributed by atoms with Gasteiger partial charge in [-0.2, -0.15) is 0 Å². The molecule has 14 heavy (non-hydrogen) atoms. The van der Waals surface area contributed by atoms with Crippen LogP contribution in [0.3, 0.4) is 0 Å². The maximum atomic E-state index is 11.2. The summed E-state index contributed by atoms with van der Waals surface area (Å²) in [6, 6.07) is -1.20. The van der Waals surface area contributed by atoms with Crippen LogP contribution >= 0.6 is 0 Å². The lowest BCUT2D eigenvalue weighted by Crippen LogP contribution is -2.44. The molecular formula is C9H17NO4. The first-order chi connectivity index (χ1) is 6.26. The number of carbonyl (C=O) groups is 2. The molecule has 0 heterocycles. The van der Waals surface area contributed by atoms with E-state index in [0.29, 0.717) is 0 Å². The highest BCUT2D eigenvalue weighted by molar-refractivity contribution is 5.83. The van der Waals surface area contributed by atoms with E-state index in [1.165, 1.54) is 0 Å². The van der Waals surface area contributed by atoms with E-state index < -0.39 is 18.6 Å². The lowest BCUT2D eigenvalue weighted by molar-refractivity contribution is -0.143. The first-order valence-electron chi connectivity index (χ1n) is 4.39. The Bertz CT molecular complexity index is 219. The van der Waals surface area contributed by atoms with E-state index in [1.54, 1.807) is 0 Å². The second kappa shape index (κ2) is 4.95. The topological polar surface area (TPSA) is 86.6 Å². The molecule has 82 valence electrons. The fourth-order valence-electron chi connectivity index (χ4n) is 0.913. The molecule has 0 unspecified atom stereocenters. The molecule has 0 aromatic carbocycles. The van der Waals surface area contributed by atoms with Crippen molar-refractivity contribution in [2.75, 3.05) is 6.61 Å². The third-order valence-electron chi connectivity index (χ3n) is 1.51. The quantitative estimate of drug-likeness (QED) is 0.599. The highest BCUT2D eigenvalue weighted by Gasteiger charge is 2.22. The Hall–Kier alpha value is -1.10. The Morgan fingerprint density at radius 2 is 1.86 bits per heavy atom. The molecule has 0 bridgehead atoms. The van der Waals surface area contributed by atoms with Gasteiger partial charge in [0.15, 0.2) is 0 Å². The number of aliphatic hydroxyl groups is 1. The molecule has 1 atom stereocenters. The monoisotopic (exact) mass is 203 g/mol. The molecule has 5 nitrogen and oxygen atoms in total. The third kappa shape index (κ3) is 5.53. The maximum Gasteiger partial charge on any atom is 0.328 e. The van der Waals surface area contributed by atoms with E-state index in [0.717, 1.165) is 0 Å². The minimum atomic E-state index is -1.23. The van der Waals surface area contributed by atoms with Gasteiger partial charge >= 0.3 is 5.97 Å². The highest BCUT2D eigenvalue weighted by atomic mass is 16.4. The lowest BCUT2D eigenvalue weighted by atomic mass is 9.92. The number of carboxylic acid groups (broad SMARTS) is 1. The Kier molecular flexibility index (Phi) is 4.56. The standard InChI is InChI=1S/C9H17NO4/c1-9(2,3)4-7(12)10-6(5-11)8(13)14/h6,11H,4-5H2,1-3H3,(H,10,12)(H,13,14)/t6-/m0/s1. The van der Waals surface area contributed by atoms with Crippen molar-refractivity contribution in [2.45, 2.75) is 33.2 Å². The number of hydrogen-bond donors (Lipinski definition) is 3. The average molecular weight is 203 g/mol. The fraction of sp³-hybridized carbons (Fsp3) is 0.778. The van der Waals surface area contributed by atoms with Gasteiger partial charge in [0.05, 0.1) is 6.61 Å². The molecule has 5 heteroatoms. The van der Waals surface area contributed by atoms with Gasteiger partial charge in [-0.15, -0.1) is 0 Å². The van der Waals surface area contributed by atoms with Gasteiger partial charge in [-0.1, -0.05) is 20.8 Å². The molecule has 1 amide bonds. The minimum absolute atomic E-state index is 0.192. The van der Waals surface area contributed by atoms with Crippen molar-refractivity contribution in [2.24, 2.45) is 5.41 Å². The van der Waals surface area contributed by atoms with Crippen LogP contribution in [0.15, 0.2) is 0 Å². The zero-order valence-electron chi connectivity index (χ0n) is 8.70. The second-order valence-corrected chi connectivity index (χ2v) is 4.38. The maximum absolute atomic E-state index is 11.2. The number of carbonyl (C=O) groups excluding carboxylic acids is 1. The van der Waals surface area contributed by atoms with E-state index in [-0.39, 0.29) is 17.7 Å². The van der Waals surface area contributed by atoms with Crippen molar-refractivity contribution < 1.29 is 19.8 Å². The Morgan fingerprint density at radius 3 is 2.14 bits per heavy atom. The van der Waals surface area contributed by atoms with E-state index >= 15 is 0 Å². The van der Waals surface area contributed by atoms with E-state index in [1.807, 2.05) is 20.8 Å². The van der Waals surface area contributed by atoms with Gasteiger partial charge in [0, 0.05) is 6.42 Å². The molecular weight excluding hydrogens is 186 g/mol. The molecule has 3 N–H and O–H groups in total. The van der Waals surface area contributed by atoms with Crippen LogP contribution in [0.5, 0.6) is 0 Å². The predicted octanol–water partition coefficient (Wildman–Crippen LogP) is -0.0157. The van der Waals surface area contributed by atoms with Crippen molar-refractivity contribution in [3.05, 3.63) is 0 Å². The Balaban J connectivity index is 4.11. The normalized spacial score (nSPS) is 13.4. The summed E-state index contributed by atoms with van der Waals surface area (Å²) in [6.07, 6.45) is 0.233. The highest BCUT2D eigenvalue weighted by Crippen LogP contribution is 2.17. The van der Waals surface area contributed by atoms with Gasteiger partial charge in [-0.25, -0.2) is 4.79 Å². The summed E-state index contributed by atoms with van der Waals surface area (Å²) in [7, 11) is 0. The SMILES string of the molecule is CC(C)(C)CC(=O)N[C@@H](CO)C(=O)O. The summed E-state index contributed by atoms with van der Waals surface area (Å²) in [6.45, 7) is 5.04. The van der Waals surface area contributed by atoms with Crippen LogP contribution in [-0.2, 0) is 9.59 Å². The van der Waals surface area contributed by atoms with Gasteiger partial charge in [0.2, 0.25) is 5.91 Å². The fourth-order valence-corrected chi connectivity index (χ4v) is 0.913. The van der Waals surface area contributed by atoms with Crippen molar-refractivity contribution >= 4 is 11.9 Å². The summed E-state index contributed by atoms with van der Waals surface area (Å²) < 4.78 is 0. The Labute approximate surface area is 83.1 Å². The molecule has 0 aliphatic heterocycles. The lowest BCUT2D eigenvalue weighted by Gasteiger charge is -2.19. The number of hydrogen-bond acceptors (Lipinski definition) is 3. The third-order valence-corrected chi connectivity index (χ3v) is 1.51. The van der Waals surface area contributed by atoms with Crippen LogP contribution in [0.1, 0.15) is 27.2 Å². The number of carboxylic acids is 1. The minimum Gasteiger partial charge on any atom is -0.480 e. The van der Waals surface area contributed by atoms with Crippen molar-refractivity contribution in [1.29, 1.82) is 0 Å². The van der Waals surface area contributed by atoms with Gasteiger partial charge in [-0.3, -0.25) is 4.79 Å². The van der Waals surface area contributed by atoms with E-state index in [9.17, 15) is 9.59 Å². The summed E-state index contributed by atoms with van der Waals surface area (Å²) >= 11 is 0. The van der Waals surface area contributed by atoms with Gasteiger partial charge in [-0.05, 0) is 5.41 Å². The Morgan fingerprint density at radius 1 is 1.36 bits per heavy atom. The molecule has 0 aliphatic carbocycles. The first kappa shape index (κ1) is 12.9. The van der Waals surface area contributed by atoms with E-state index in [4.69, 9.17) is 10.2 Å². The first-order valence-corrected chi connectivity index (χ1v) is 4.39. The second-order valence-electron chi connectivity index (χ2n) is 4.38. The largest absolute Gasteiger partial charge is 0.480 e. The van der Waals surface area contributed by atoms with Crippen molar-refractivity contribution in [1.82, 2.24) is 5.32 Å². The number of aliphatic carboxylic acids is 1. The van der Waals surface area contributed by atoms with Crippen LogP contribution < -0.4 is 5.32 Å². The zero-order chi connectivity index (χ0) is 11.4. The van der Waals surface area contributed by atoms with Crippen LogP contribution in [0.2, 0.25) is 0 Å². The molecule has 0 spiro atoms. The summed E-state index contributed by atoms with van der Waals surface area (Å²) in [5.41, 5.74) is -0.192. The molecule has 0 fully saturated rings. The van der Waals surface area contributed by atoms with Gasteiger partial charge in [0.25, 0.3) is 0 Å². The average Bonchev–Trinajstić information content (AvgIpc) is 1.96. The number of rotatable bonds is 4. The summed E-state index contributed by atoms with van der Waals surface area (Å²) in [5.74, 6) is -1.59. The van der Waals surface area contributed by atoms with Crippen molar-refractivity contribution in [3.63, 3.8) is 0 Å². The predicted molar refractivity (Wildman–Crippen MR) is 50.7 cm³/mol. The van der Waals surface area contributed by atoms with Gasteiger partial charge in [0.1, 0.15) is 6.04 Å². The summed E-state index contributed by atoms with van der Waals surface area (Å²) in [5, 5.41) is 19.4. The molecule has 0 saturated heterocycles. The number of aliphatic hydroxyl groups excluding tert-OH is 1.